The smallest absolute Gasteiger partial charge is 0.312 e. The predicted octanol–water partition coefficient (Wildman–Crippen LogP) is 2.40. The lowest BCUT2D eigenvalue weighted by Gasteiger charge is -2.26. The fourth-order valence-corrected chi connectivity index (χ4v) is 4.31. The molecule has 1 aromatic carbocycles. The van der Waals surface area contributed by atoms with E-state index in [1.54, 1.807) is 23.9 Å². The molecule has 1 fully saturated rings. The zero-order valence-corrected chi connectivity index (χ0v) is 13.4. The van der Waals surface area contributed by atoms with Crippen LogP contribution in [0.4, 0.5) is 0 Å². The van der Waals surface area contributed by atoms with Crippen molar-refractivity contribution in [1.29, 1.82) is 0 Å². The van der Waals surface area contributed by atoms with Crippen molar-refractivity contribution in [2.45, 2.75) is 31.5 Å². The Morgan fingerprint density at radius 1 is 1.45 bits per heavy atom. The van der Waals surface area contributed by atoms with E-state index in [0.29, 0.717) is 13.1 Å². The van der Waals surface area contributed by atoms with Gasteiger partial charge in [0.15, 0.2) is 0 Å². The largest absolute Gasteiger partial charge is 0.405 e. The summed E-state index contributed by atoms with van der Waals surface area (Å²) in [6.07, 6.45) is 3.41. The molecular weight excluding hydrogens is 303 g/mol. The van der Waals surface area contributed by atoms with Gasteiger partial charge in [-0.25, -0.2) is 9.24 Å². The summed E-state index contributed by atoms with van der Waals surface area (Å²) in [4.78, 5) is 15.4. The molecule has 0 spiro atoms. The van der Waals surface area contributed by atoms with Crippen molar-refractivity contribution in [2.24, 2.45) is 0 Å². The van der Waals surface area contributed by atoms with Crippen LogP contribution in [0.1, 0.15) is 24.8 Å². The molecule has 0 saturated carbocycles. The number of nitrogens with one attached hydrogen (secondary N) is 1. The first-order chi connectivity index (χ1) is 10.6. The van der Waals surface area contributed by atoms with E-state index < -0.39 is 13.9 Å². The minimum absolute atomic E-state index is 0.268. The van der Waals surface area contributed by atoms with Crippen LogP contribution in [-0.2, 0) is 13.9 Å². The molecule has 22 heavy (non-hydrogen) atoms. The van der Waals surface area contributed by atoms with E-state index in [9.17, 15) is 9.46 Å². The van der Waals surface area contributed by atoms with E-state index in [0.717, 1.165) is 6.42 Å². The molecule has 2 aliphatic heterocycles. The minimum Gasteiger partial charge on any atom is -0.312 e. The van der Waals surface area contributed by atoms with Crippen molar-refractivity contribution >= 4 is 7.75 Å². The molecule has 120 valence electrons. The van der Waals surface area contributed by atoms with Crippen LogP contribution in [0, 0.1) is 0 Å². The van der Waals surface area contributed by atoms with Crippen molar-refractivity contribution in [3.8, 4) is 0 Å². The molecular formula is C15H21N2O4P. The van der Waals surface area contributed by atoms with Gasteiger partial charge in [-0.1, -0.05) is 30.3 Å². The third kappa shape index (κ3) is 3.42. The Morgan fingerprint density at radius 3 is 2.91 bits per heavy atom. The number of hydrogen-bond acceptors (Lipinski definition) is 4. The number of rotatable bonds is 5. The van der Waals surface area contributed by atoms with Crippen LogP contribution in [0.15, 0.2) is 42.6 Å². The van der Waals surface area contributed by atoms with Crippen LogP contribution in [0.5, 0.6) is 0 Å². The Morgan fingerprint density at radius 2 is 2.23 bits per heavy atom. The van der Waals surface area contributed by atoms with Crippen molar-refractivity contribution < 1.29 is 18.8 Å². The second-order valence-electron chi connectivity index (χ2n) is 5.67. The number of hydroxylamine groups is 1. The quantitative estimate of drug-likeness (QED) is 0.811. The van der Waals surface area contributed by atoms with Gasteiger partial charge in [0.2, 0.25) is 0 Å². The number of nitrogens with zero attached hydrogens (tertiary/aromatic N) is 1. The molecule has 2 N–H and O–H groups in total. The molecule has 7 heteroatoms. The van der Waals surface area contributed by atoms with Gasteiger partial charge in [0.05, 0.1) is 6.10 Å². The summed E-state index contributed by atoms with van der Waals surface area (Å²) >= 11 is 0. The van der Waals surface area contributed by atoms with Crippen molar-refractivity contribution in [2.75, 3.05) is 13.1 Å². The van der Waals surface area contributed by atoms with Crippen LogP contribution in [0.3, 0.4) is 0 Å². The number of benzene rings is 1. The van der Waals surface area contributed by atoms with Gasteiger partial charge >= 0.3 is 7.75 Å². The highest BCUT2D eigenvalue weighted by Gasteiger charge is 2.39. The SMILES string of the molecule is CC(OP(=O)(O)N1CCC(c2ccccc2)C1)C1C=CNO1. The van der Waals surface area contributed by atoms with Gasteiger partial charge < -0.3 is 4.89 Å². The van der Waals surface area contributed by atoms with Crippen molar-refractivity contribution in [3.05, 3.63) is 48.2 Å². The molecule has 0 aromatic heterocycles. The summed E-state index contributed by atoms with van der Waals surface area (Å²) in [6, 6.07) is 10.1. The van der Waals surface area contributed by atoms with Gasteiger partial charge in [0.1, 0.15) is 6.10 Å². The van der Waals surface area contributed by atoms with Crippen LogP contribution >= 0.6 is 7.75 Å². The van der Waals surface area contributed by atoms with Crippen LogP contribution < -0.4 is 5.48 Å². The summed E-state index contributed by atoms with van der Waals surface area (Å²) in [5, 5.41) is 0. The third-order valence-corrected chi connectivity index (χ3v) is 5.80. The Hall–Kier alpha value is -1.17. The molecule has 6 nitrogen and oxygen atoms in total. The highest BCUT2D eigenvalue weighted by molar-refractivity contribution is 7.50. The Bertz CT molecular complexity index is 580. The minimum atomic E-state index is -3.81. The first-order valence-corrected chi connectivity index (χ1v) is 8.99. The normalized spacial score (nSPS) is 29.2. The summed E-state index contributed by atoms with van der Waals surface area (Å²) in [7, 11) is -3.81. The van der Waals surface area contributed by atoms with Crippen LogP contribution in [-0.4, -0.2) is 34.9 Å². The van der Waals surface area contributed by atoms with E-state index in [1.807, 2.05) is 18.2 Å². The monoisotopic (exact) mass is 324 g/mol. The molecule has 1 aromatic rings. The van der Waals surface area contributed by atoms with Gasteiger partial charge in [-0.3, -0.25) is 14.8 Å². The molecule has 2 heterocycles. The van der Waals surface area contributed by atoms with Gasteiger partial charge in [-0.2, -0.15) is 0 Å². The molecule has 2 aliphatic rings. The molecule has 0 radical (unpaired) electrons. The fraction of sp³-hybridized carbons (Fsp3) is 0.467. The summed E-state index contributed by atoms with van der Waals surface area (Å²) in [5.74, 6) is 0.268. The lowest BCUT2D eigenvalue weighted by Crippen LogP contribution is -2.29. The predicted molar refractivity (Wildman–Crippen MR) is 82.9 cm³/mol. The average Bonchev–Trinajstić information content (AvgIpc) is 3.20. The zero-order valence-electron chi connectivity index (χ0n) is 12.5. The summed E-state index contributed by atoms with van der Waals surface area (Å²) < 4.78 is 19.5. The second-order valence-corrected chi connectivity index (χ2v) is 7.43. The lowest BCUT2D eigenvalue weighted by atomic mass is 9.99. The van der Waals surface area contributed by atoms with E-state index in [4.69, 9.17) is 9.36 Å². The molecule has 0 bridgehead atoms. The first kappa shape index (κ1) is 15.7. The molecule has 4 unspecified atom stereocenters. The Kier molecular flexibility index (Phi) is 4.66. The molecule has 0 aliphatic carbocycles. The van der Waals surface area contributed by atoms with E-state index >= 15 is 0 Å². The average molecular weight is 324 g/mol. The van der Waals surface area contributed by atoms with Crippen molar-refractivity contribution in [1.82, 2.24) is 10.2 Å². The van der Waals surface area contributed by atoms with Crippen LogP contribution in [0.2, 0.25) is 0 Å². The zero-order chi connectivity index (χ0) is 15.6. The summed E-state index contributed by atoms with van der Waals surface area (Å²) in [5.41, 5.74) is 3.79. The topological polar surface area (TPSA) is 71.0 Å². The van der Waals surface area contributed by atoms with E-state index in [2.05, 4.69) is 17.6 Å². The standard InChI is InChI=1S/C15H21N2O4P/c1-12(15-7-9-16-20-15)21-22(18,19)17-10-8-14(11-17)13-5-3-2-4-6-13/h2-7,9,12,14-16H,8,10-11H2,1H3,(H,18,19). The first-order valence-electron chi connectivity index (χ1n) is 7.46. The number of hydrogen-bond donors (Lipinski definition) is 2. The third-order valence-electron chi connectivity index (χ3n) is 4.12. The lowest BCUT2D eigenvalue weighted by molar-refractivity contribution is -0.0203. The highest BCUT2D eigenvalue weighted by atomic mass is 31.2. The molecule has 0 amide bonds. The maximum atomic E-state index is 12.5. The van der Waals surface area contributed by atoms with Gasteiger partial charge in [0.25, 0.3) is 0 Å². The second kappa shape index (κ2) is 6.52. The van der Waals surface area contributed by atoms with E-state index in [-0.39, 0.29) is 12.0 Å². The Balaban J connectivity index is 1.61. The summed E-state index contributed by atoms with van der Waals surface area (Å²) in [6.45, 7) is 2.82. The fourth-order valence-electron chi connectivity index (χ4n) is 2.86. The molecule has 1 saturated heterocycles. The van der Waals surface area contributed by atoms with Crippen LogP contribution in [0.25, 0.3) is 0 Å². The highest BCUT2D eigenvalue weighted by Crippen LogP contribution is 2.51. The van der Waals surface area contributed by atoms with Gasteiger partial charge in [0, 0.05) is 19.3 Å². The Labute approximate surface area is 130 Å². The molecule has 4 atom stereocenters. The van der Waals surface area contributed by atoms with E-state index in [1.165, 1.54) is 5.56 Å². The maximum Gasteiger partial charge on any atom is 0.405 e. The van der Waals surface area contributed by atoms with Crippen molar-refractivity contribution in [3.63, 3.8) is 0 Å². The van der Waals surface area contributed by atoms with Gasteiger partial charge in [-0.15, -0.1) is 0 Å². The van der Waals surface area contributed by atoms with Gasteiger partial charge in [-0.05, 0) is 30.9 Å². The maximum absolute atomic E-state index is 12.5. The molecule has 3 rings (SSSR count).